The van der Waals surface area contributed by atoms with Crippen LogP contribution in [0.15, 0.2) is 22.7 Å². The average molecular weight is 301 g/mol. The van der Waals surface area contributed by atoms with Crippen molar-refractivity contribution in [1.29, 1.82) is 0 Å². The third-order valence-corrected chi connectivity index (χ3v) is 3.52. The molecule has 1 heterocycles. The number of rotatable bonds is 1. The smallest absolute Gasteiger partial charge is 0.253 e. The van der Waals surface area contributed by atoms with Gasteiger partial charge in [0.05, 0.1) is 4.47 Å². The van der Waals surface area contributed by atoms with Crippen LogP contribution >= 0.6 is 15.9 Å². The number of likely N-dealkylation sites (tertiary alicyclic amines) is 1. The molecule has 0 aromatic heterocycles. The van der Waals surface area contributed by atoms with Crippen LogP contribution in [0.1, 0.15) is 23.2 Å². The molecule has 3 nitrogen and oxygen atoms in total. The van der Waals surface area contributed by atoms with Gasteiger partial charge in [0, 0.05) is 24.7 Å². The van der Waals surface area contributed by atoms with Crippen molar-refractivity contribution < 1.29 is 9.18 Å². The van der Waals surface area contributed by atoms with E-state index >= 15 is 0 Å². The second-order valence-corrected chi connectivity index (χ2v) is 5.14. The minimum Gasteiger partial charge on any atom is -0.337 e. The van der Waals surface area contributed by atoms with E-state index in [4.69, 9.17) is 5.73 Å². The zero-order valence-corrected chi connectivity index (χ0v) is 10.9. The predicted octanol–water partition coefficient (Wildman–Crippen LogP) is 2.15. The van der Waals surface area contributed by atoms with Gasteiger partial charge in [-0.05, 0) is 47.0 Å². The third kappa shape index (κ3) is 2.84. The van der Waals surface area contributed by atoms with Gasteiger partial charge in [-0.1, -0.05) is 0 Å². The number of amides is 1. The van der Waals surface area contributed by atoms with Crippen LogP contribution in [0.3, 0.4) is 0 Å². The number of carbonyl (C=O) groups excluding carboxylic acids is 1. The van der Waals surface area contributed by atoms with Gasteiger partial charge in [0.1, 0.15) is 5.82 Å². The van der Waals surface area contributed by atoms with Crippen molar-refractivity contribution >= 4 is 21.8 Å². The van der Waals surface area contributed by atoms with Gasteiger partial charge in [-0.2, -0.15) is 0 Å². The molecule has 5 heteroatoms. The predicted molar refractivity (Wildman–Crippen MR) is 67.2 cm³/mol. The number of benzene rings is 1. The first-order valence-electron chi connectivity index (χ1n) is 5.58. The molecule has 0 saturated carbocycles. The van der Waals surface area contributed by atoms with E-state index in [0.717, 1.165) is 19.4 Å². The molecule has 1 aliphatic rings. The molecular formula is C12H14BrFN2O. The van der Waals surface area contributed by atoms with E-state index in [1.165, 1.54) is 18.2 Å². The number of nitrogens with zero attached hydrogens (tertiary/aromatic N) is 1. The fraction of sp³-hybridized carbons (Fsp3) is 0.417. The van der Waals surface area contributed by atoms with Crippen LogP contribution in [0, 0.1) is 5.82 Å². The number of halogens is 2. The fourth-order valence-electron chi connectivity index (χ4n) is 2.01. The molecule has 1 aromatic carbocycles. The molecule has 0 aliphatic carbocycles. The maximum Gasteiger partial charge on any atom is 0.253 e. The Labute approximate surface area is 108 Å². The standard InChI is InChI=1S/C12H14BrFN2O/c13-10-6-8(3-4-11(10)14)12(17)16-5-1-2-9(15)7-16/h3-4,6,9H,1-2,5,7,15H2. The van der Waals surface area contributed by atoms with Gasteiger partial charge < -0.3 is 10.6 Å². The molecule has 2 N–H and O–H groups in total. The molecule has 0 radical (unpaired) electrons. The van der Waals surface area contributed by atoms with Crippen molar-refractivity contribution in [3.05, 3.63) is 34.1 Å². The van der Waals surface area contributed by atoms with Gasteiger partial charge in [0.15, 0.2) is 0 Å². The molecule has 0 spiro atoms. The Bertz CT molecular complexity index is 439. The lowest BCUT2D eigenvalue weighted by Gasteiger charge is -2.30. The Kier molecular flexibility index (Phi) is 3.79. The first-order chi connectivity index (χ1) is 8.08. The van der Waals surface area contributed by atoms with Crippen molar-refractivity contribution in [1.82, 2.24) is 4.90 Å². The van der Waals surface area contributed by atoms with E-state index in [-0.39, 0.29) is 17.8 Å². The van der Waals surface area contributed by atoms with Crippen LogP contribution in [0.25, 0.3) is 0 Å². The number of piperidine rings is 1. The highest BCUT2D eigenvalue weighted by molar-refractivity contribution is 9.10. The monoisotopic (exact) mass is 300 g/mol. The summed E-state index contributed by atoms with van der Waals surface area (Å²) in [6.07, 6.45) is 1.88. The zero-order valence-electron chi connectivity index (χ0n) is 9.33. The van der Waals surface area contributed by atoms with E-state index < -0.39 is 0 Å². The van der Waals surface area contributed by atoms with Gasteiger partial charge in [-0.3, -0.25) is 4.79 Å². The van der Waals surface area contributed by atoms with Crippen LogP contribution in [0.4, 0.5) is 4.39 Å². The first kappa shape index (κ1) is 12.5. The molecule has 2 rings (SSSR count). The van der Waals surface area contributed by atoms with Crippen molar-refractivity contribution in [3.63, 3.8) is 0 Å². The first-order valence-corrected chi connectivity index (χ1v) is 6.37. The Morgan fingerprint density at radius 3 is 2.94 bits per heavy atom. The second-order valence-electron chi connectivity index (χ2n) is 4.28. The molecule has 92 valence electrons. The van der Waals surface area contributed by atoms with Crippen LogP contribution in [0.5, 0.6) is 0 Å². The molecule has 1 aromatic rings. The molecule has 1 atom stereocenters. The summed E-state index contributed by atoms with van der Waals surface area (Å²) in [5.74, 6) is -0.447. The third-order valence-electron chi connectivity index (χ3n) is 2.91. The van der Waals surface area contributed by atoms with E-state index in [1.54, 1.807) is 4.90 Å². The summed E-state index contributed by atoms with van der Waals surface area (Å²) in [5, 5.41) is 0. The van der Waals surface area contributed by atoms with Gasteiger partial charge >= 0.3 is 0 Å². The maximum absolute atomic E-state index is 13.1. The minimum absolute atomic E-state index is 0.0524. The number of carbonyl (C=O) groups is 1. The van der Waals surface area contributed by atoms with Crippen LogP contribution in [-0.2, 0) is 0 Å². The molecule has 1 saturated heterocycles. The lowest BCUT2D eigenvalue weighted by Crippen LogP contribution is -2.45. The summed E-state index contributed by atoms with van der Waals surface area (Å²) in [4.78, 5) is 13.9. The lowest BCUT2D eigenvalue weighted by atomic mass is 10.1. The lowest BCUT2D eigenvalue weighted by molar-refractivity contribution is 0.0708. The Balaban J connectivity index is 2.15. The number of hydrogen-bond acceptors (Lipinski definition) is 2. The van der Waals surface area contributed by atoms with Crippen LogP contribution < -0.4 is 5.73 Å². The molecule has 0 bridgehead atoms. The summed E-state index contributed by atoms with van der Waals surface area (Å²) >= 11 is 3.08. The van der Waals surface area contributed by atoms with Gasteiger partial charge in [0.25, 0.3) is 5.91 Å². The number of nitrogens with two attached hydrogens (primary N) is 1. The summed E-state index contributed by atoms with van der Waals surface area (Å²) < 4.78 is 13.4. The van der Waals surface area contributed by atoms with Crippen molar-refractivity contribution in [3.8, 4) is 0 Å². The topological polar surface area (TPSA) is 46.3 Å². The molecule has 1 unspecified atom stereocenters. The van der Waals surface area contributed by atoms with E-state index in [9.17, 15) is 9.18 Å². The van der Waals surface area contributed by atoms with Gasteiger partial charge in [-0.25, -0.2) is 4.39 Å². The Morgan fingerprint density at radius 1 is 1.53 bits per heavy atom. The van der Waals surface area contributed by atoms with Crippen molar-refractivity contribution in [2.75, 3.05) is 13.1 Å². The summed E-state index contributed by atoms with van der Waals surface area (Å²) in [6.45, 7) is 1.30. The van der Waals surface area contributed by atoms with E-state index in [2.05, 4.69) is 15.9 Å². The largest absolute Gasteiger partial charge is 0.337 e. The summed E-state index contributed by atoms with van der Waals surface area (Å²) in [6, 6.07) is 4.36. The van der Waals surface area contributed by atoms with Crippen LogP contribution in [0.2, 0.25) is 0 Å². The highest BCUT2D eigenvalue weighted by Crippen LogP contribution is 2.19. The van der Waals surface area contributed by atoms with Gasteiger partial charge in [-0.15, -0.1) is 0 Å². The highest BCUT2D eigenvalue weighted by atomic mass is 79.9. The number of hydrogen-bond donors (Lipinski definition) is 1. The quantitative estimate of drug-likeness (QED) is 0.864. The Hall–Kier alpha value is -0.940. The molecule has 1 fully saturated rings. The highest BCUT2D eigenvalue weighted by Gasteiger charge is 2.22. The minimum atomic E-state index is -0.364. The van der Waals surface area contributed by atoms with Crippen molar-refractivity contribution in [2.24, 2.45) is 5.73 Å². The van der Waals surface area contributed by atoms with Gasteiger partial charge in [0.2, 0.25) is 0 Å². The van der Waals surface area contributed by atoms with E-state index in [0.29, 0.717) is 16.6 Å². The fourth-order valence-corrected chi connectivity index (χ4v) is 2.38. The summed E-state index contributed by atoms with van der Waals surface area (Å²) in [5.41, 5.74) is 6.32. The second kappa shape index (κ2) is 5.14. The van der Waals surface area contributed by atoms with E-state index in [1.807, 2.05) is 0 Å². The SMILES string of the molecule is NC1CCCN(C(=O)c2ccc(F)c(Br)c2)C1. The molecular weight excluding hydrogens is 287 g/mol. The molecule has 1 amide bonds. The molecule has 17 heavy (non-hydrogen) atoms. The summed E-state index contributed by atoms with van der Waals surface area (Å²) in [7, 11) is 0. The molecule has 1 aliphatic heterocycles. The normalized spacial score (nSPS) is 20.4. The average Bonchev–Trinajstić information content (AvgIpc) is 2.32. The van der Waals surface area contributed by atoms with Crippen molar-refractivity contribution in [2.45, 2.75) is 18.9 Å². The maximum atomic E-state index is 13.1. The van der Waals surface area contributed by atoms with Crippen LogP contribution in [-0.4, -0.2) is 29.9 Å². The zero-order chi connectivity index (χ0) is 12.4. The Morgan fingerprint density at radius 2 is 2.29 bits per heavy atom.